The minimum absolute atomic E-state index is 0.0168. The molecule has 1 aliphatic carbocycles. The van der Waals surface area contributed by atoms with Crippen LogP contribution in [0.25, 0.3) is 0 Å². The van der Waals surface area contributed by atoms with Gasteiger partial charge in [-0.25, -0.2) is 8.42 Å². The first-order valence-electron chi connectivity index (χ1n) is 8.31. The summed E-state index contributed by atoms with van der Waals surface area (Å²) >= 11 is 1.25. The van der Waals surface area contributed by atoms with Crippen molar-refractivity contribution in [1.82, 2.24) is 4.90 Å². The highest BCUT2D eigenvalue weighted by Crippen LogP contribution is 2.32. The van der Waals surface area contributed by atoms with Crippen LogP contribution in [0.4, 0.5) is 5.00 Å². The molecule has 0 bridgehead atoms. The van der Waals surface area contributed by atoms with Crippen molar-refractivity contribution in [2.75, 3.05) is 23.4 Å². The molecular formula is C16H22N2O4S2. The fourth-order valence-corrected chi connectivity index (χ4v) is 5.54. The van der Waals surface area contributed by atoms with Crippen LogP contribution >= 0.6 is 11.3 Å². The number of rotatable bonds is 6. The second kappa shape index (κ2) is 6.84. The molecule has 3 rings (SSSR count). The Bertz CT molecular complexity index is 737. The monoisotopic (exact) mass is 370 g/mol. The van der Waals surface area contributed by atoms with E-state index in [4.69, 9.17) is 0 Å². The Morgan fingerprint density at radius 2 is 2.04 bits per heavy atom. The zero-order chi connectivity index (χ0) is 17.3. The Labute approximate surface area is 146 Å². The van der Waals surface area contributed by atoms with Gasteiger partial charge in [0.05, 0.1) is 21.4 Å². The van der Waals surface area contributed by atoms with Crippen molar-refractivity contribution >= 4 is 38.0 Å². The van der Waals surface area contributed by atoms with E-state index in [1.807, 2.05) is 6.92 Å². The number of anilines is 1. The molecule has 1 atom stereocenters. The molecule has 132 valence electrons. The van der Waals surface area contributed by atoms with E-state index >= 15 is 0 Å². The summed E-state index contributed by atoms with van der Waals surface area (Å²) in [6.45, 7) is 2.51. The first kappa shape index (κ1) is 17.4. The Morgan fingerprint density at radius 1 is 1.29 bits per heavy atom. The van der Waals surface area contributed by atoms with Gasteiger partial charge in [0, 0.05) is 18.5 Å². The maximum absolute atomic E-state index is 12.8. The van der Waals surface area contributed by atoms with E-state index in [1.165, 1.54) is 11.3 Å². The van der Waals surface area contributed by atoms with Gasteiger partial charge in [0.15, 0.2) is 9.84 Å². The molecule has 2 amide bonds. The van der Waals surface area contributed by atoms with Crippen molar-refractivity contribution in [3.05, 3.63) is 17.0 Å². The van der Waals surface area contributed by atoms with Crippen molar-refractivity contribution in [3.63, 3.8) is 0 Å². The summed E-state index contributed by atoms with van der Waals surface area (Å²) in [5.41, 5.74) is 0. The third-order valence-corrected chi connectivity index (χ3v) is 7.12. The molecule has 0 spiro atoms. The molecule has 1 saturated carbocycles. The molecule has 0 aromatic carbocycles. The summed E-state index contributed by atoms with van der Waals surface area (Å²) in [5.74, 6) is 0.193. The minimum Gasteiger partial charge on any atom is -0.334 e. The molecule has 1 N–H and O–H groups in total. The lowest BCUT2D eigenvalue weighted by Crippen LogP contribution is -2.41. The van der Waals surface area contributed by atoms with Crippen molar-refractivity contribution in [2.24, 2.45) is 5.92 Å². The topological polar surface area (TPSA) is 83.6 Å². The van der Waals surface area contributed by atoms with Crippen LogP contribution in [0.15, 0.2) is 12.1 Å². The Hall–Kier alpha value is -1.41. The van der Waals surface area contributed by atoms with Gasteiger partial charge in [0.25, 0.3) is 5.91 Å². The van der Waals surface area contributed by atoms with Crippen molar-refractivity contribution in [1.29, 1.82) is 0 Å². The number of nitrogens with one attached hydrogen (secondary N) is 1. The average Bonchev–Trinajstić information content (AvgIpc) is 3.19. The lowest BCUT2D eigenvalue weighted by molar-refractivity contribution is -0.117. The third kappa shape index (κ3) is 3.97. The van der Waals surface area contributed by atoms with E-state index in [0.717, 1.165) is 19.3 Å². The molecule has 1 aromatic heterocycles. The molecule has 2 fully saturated rings. The number of sulfone groups is 1. The van der Waals surface area contributed by atoms with Crippen molar-refractivity contribution in [3.8, 4) is 0 Å². The third-order valence-electron chi connectivity index (χ3n) is 4.39. The smallest absolute Gasteiger partial charge is 0.264 e. The van der Waals surface area contributed by atoms with Crippen LogP contribution in [-0.4, -0.2) is 49.2 Å². The van der Waals surface area contributed by atoms with E-state index < -0.39 is 9.84 Å². The predicted molar refractivity (Wildman–Crippen MR) is 94.1 cm³/mol. The standard InChI is InChI=1S/C16H22N2O4S2/c1-2-8-18(12-7-9-24(21,22)10-12)16(20)13-5-6-14(23-13)17-15(19)11-3-4-11/h5-6,11-12H,2-4,7-10H2,1H3,(H,17,19)/t12-/m0/s1. The molecule has 1 aromatic rings. The summed E-state index contributed by atoms with van der Waals surface area (Å²) in [6.07, 6.45) is 3.15. The van der Waals surface area contributed by atoms with Gasteiger partial charge in [-0.05, 0) is 37.8 Å². The normalized spacial score (nSPS) is 22.3. The summed E-state index contributed by atoms with van der Waals surface area (Å²) < 4.78 is 23.4. The molecule has 24 heavy (non-hydrogen) atoms. The van der Waals surface area contributed by atoms with Crippen LogP contribution in [0.1, 0.15) is 42.3 Å². The van der Waals surface area contributed by atoms with Gasteiger partial charge in [0.2, 0.25) is 5.91 Å². The van der Waals surface area contributed by atoms with Crippen LogP contribution < -0.4 is 5.32 Å². The molecule has 0 unspecified atom stereocenters. The first-order valence-corrected chi connectivity index (χ1v) is 11.0. The molecular weight excluding hydrogens is 348 g/mol. The van der Waals surface area contributed by atoms with E-state index in [-0.39, 0.29) is 35.3 Å². The molecule has 8 heteroatoms. The number of thiophene rings is 1. The quantitative estimate of drug-likeness (QED) is 0.831. The van der Waals surface area contributed by atoms with E-state index in [2.05, 4.69) is 5.32 Å². The van der Waals surface area contributed by atoms with Gasteiger partial charge in [-0.2, -0.15) is 0 Å². The Kier molecular flexibility index (Phi) is 4.96. The summed E-state index contributed by atoms with van der Waals surface area (Å²) in [5, 5.41) is 3.52. The zero-order valence-corrected chi connectivity index (χ0v) is 15.3. The van der Waals surface area contributed by atoms with Crippen LogP contribution in [0.5, 0.6) is 0 Å². The van der Waals surface area contributed by atoms with Crippen LogP contribution in [0.3, 0.4) is 0 Å². The SMILES string of the molecule is CCCN(C(=O)c1ccc(NC(=O)C2CC2)s1)[C@H]1CCS(=O)(=O)C1. The average molecular weight is 370 g/mol. The predicted octanol–water partition coefficient (Wildman–Crippen LogP) is 2.14. The number of hydrogen-bond acceptors (Lipinski definition) is 5. The van der Waals surface area contributed by atoms with Crippen LogP contribution in [-0.2, 0) is 14.6 Å². The molecule has 2 aliphatic rings. The van der Waals surface area contributed by atoms with Crippen LogP contribution in [0, 0.1) is 5.92 Å². The fourth-order valence-electron chi connectivity index (χ4n) is 2.94. The minimum atomic E-state index is -3.04. The van der Waals surface area contributed by atoms with Gasteiger partial charge in [-0.1, -0.05) is 6.92 Å². The number of carbonyl (C=O) groups excluding carboxylic acids is 2. The fraction of sp³-hybridized carbons (Fsp3) is 0.625. The van der Waals surface area contributed by atoms with Crippen molar-refractivity contribution in [2.45, 2.75) is 38.6 Å². The highest BCUT2D eigenvalue weighted by molar-refractivity contribution is 7.91. The van der Waals surface area contributed by atoms with Crippen molar-refractivity contribution < 1.29 is 18.0 Å². The molecule has 1 saturated heterocycles. The highest BCUT2D eigenvalue weighted by atomic mass is 32.2. The van der Waals surface area contributed by atoms with Gasteiger partial charge in [-0.15, -0.1) is 11.3 Å². The summed E-state index contributed by atoms with van der Waals surface area (Å²) in [6, 6.07) is 3.21. The second-order valence-electron chi connectivity index (χ2n) is 6.48. The highest BCUT2D eigenvalue weighted by Gasteiger charge is 2.35. The molecule has 2 heterocycles. The number of nitrogens with zero attached hydrogens (tertiary/aromatic N) is 1. The lowest BCUT2D eigenvalue weighted by atomic mass is 10.2. The van der Waals surface area contributed by atoms with Gasteiger partial charge >= 0.3 is 0 Å². The molecule has 6 nitrogen and oxygen atoms in total. The van der Waals surface area contributed by atoms with Gasteiger partial charge < -0.3 is 10.2 Å². The van der Waals surface area contributed by atoms with Gasteiger partial charge in [0.1, 0.15) is 0 Å². The summed E-state index contributed by atoms with van der Waals surface area (Å²) in [7, 11) is -3.04. The number of carbonyl (C=O) groups is 2. The largest absolute Gasteiger partial charge is 0.334 e. The maximum Gasteiger partial charge on any atom is 0.264 e. The first-order chi connectivity index (χ1) is 11.4. The van der Waals surface area contributed by atoms with Crippen LogP contribution in [0.2, 0.25) is 0 Å². The molecule has 1 aliphatic heterocycles. The van der Waals surface area contributed by atoms with E-state index in [9.17, 15) is 18.0 Å². The zero-order valence-electron chi connectivity index (χ0n) is 13.7. The molecule has 0 radical (unpaired) electrons. The second-order valence-corrected chi connectivity index (χ2v) is 9.80. The van der Waals surface area contributed by atoms with E-state index in [0.29, 0.717) is 22.8 Å². The lowest BCUT2D eigenvalue weighted by Gasteiger charge is -2.27. The van der Waals surface area contributed by atoms with Gasteiger partial charge in [-0.3, -0.25) is 9.59 Å². The number of hydrogen-bond donors (Lipinski definition) is 1. The Balaban J connectivity index is 1.70. The van der Waals surface area contributed by atoms with E-state index in [1.54, 1.807) is 17.0 Å². The Morgan fingerprint density at radius 3 is 2.62 bits per heavy atom. The maximum atomic E-state index is 12.8. The number of amides is 2. The summed E-state index contributed by atoms with van der Waals surface area (Å²) in [4.78, 5) is 26.8.